The third kappa shape index (κ3) is 2.70. The quantitative estimate of drug-likeness (QED) is 0.728. The monoisotopic (exact) mass is 294 g/mol. The lowest BCUT2D eigenvalue weighted by Gasteiger charge is -2.02. The zero-order valence-corrected chi connectivity index (χ0v) is 11.2. The number of rotatable bonds is 4. The van der Waals surface area contributed by atoms with Gasteiger partial charge in [0.05, 0.1) is 0 Å². The highest BCUT2D eigenvalue weighted by Gasteiger charge is 2.55. The average Bonchev–Trinajstić information content (AvgIpc) is 2.74. The van der Waals surface area contributed by atoms with Crippen LogP contribution in [0.1, 0.15) is 12.8 Å². The van der Waals surface area contributed by atoms with Gasteiger partial charge in [-0.2, -0.15) is 0 Å². The maximum absolute atomic E-state index is 11.6. The largest absolute Gasteiger partial charge is 0.260 e. The number of alkyl halides is 4. The van der Waals surface area contributed by atoms with Crippen LogP contribution in [0.4, 0.5) is 0 Å². The van der Waals surface area contributed by atoms with E-state index in [0.717, 1.165) is 12.8 Å². The van der Waals surface area contributed by atoms with E-state index < -0.39 is 19.5 Å². The Bertz CT molecular complexity index is 253. The van der Waals surface area contributed by atoms with Crippen LogP contribution in [-0.4, -0.2) is 24.4 Å². The molecule has 1 nitrogen and oxygen atoms in total. The Balaban J connectivity index is 1.71. The zero-order chi connectivity index (χ0) is 10.6. The first-order valence-corrected chi connectivity index (χ1v) is 7.42. The first-order chi connectivity index (χ1) is 6.31. The van der Waals surface area contributed by atoms with Gasteiger partial charge in [0.25, 0.3) is 0 Å². The van der Waals surface area contributed by atoms with Crippen LogP contribution in [0, 0.1) is 11.8 Å². The molecule has 0 aromatic rings. The van der Waals surface area contributed by atoms with Crippen LogP contribution in [0.5, 0.6) is 0 Å². The van der Waals surface area contributed by atoms with Crippen molar-refractivity contribution in [2.75, 3.05) is 11.5 Å². The summed E-state index contributed by atoms with van der Waals surface area (Å²) in [7, 11) is -0.886. The van der Waals surface area contributed by atoms with Crippen molar-refractivity contribution in [3.63, 3.8) is 0 Å². The summed E-state index contributed by atoms with van der Waals surface area (Å²) in [5, 5.41) is 0. The molecule has 2 aliphatic carbocycles. The fourth-order valence-electron chi connectivity index (χ4n) is 1.42. The lowest BCUT2D eigenvalue weighted by atomic mass is 10.5. The molecule has 0 heterocycles. The highest BCUT2D eigenvalue weighted by atomic mass is 35.5. The molecule has 0 saturated heterocycles. The molecule has 6 heteroatoms. The highest BCUT2D eigenvalue weighted by Crippen LogP contribution is 2.55. The maximum atomic E-state index is 11.6. The van der Waals surface area contributed by atoms with E-state index in [2.05, 4.69) is 0 Å². The number of hydrogen-bond acceptors (Lipinski definition) is 1. The lowest BCUT2D eigenvalue weighted by Crippen LogP contribution is -2.10. The van der Waals surface area contributed by atoms with Crippen molar-refractivity contribution in [2.24, 2.45) is 11.8 Å². The minimum atomic E-state index is -0.886. The van der Waals surface area contributed by atoms with Crippen LogP contribution in [-0.2, 0) is 10.8 Å². The second-order valence-electron chi connectivity index (χ2n) is 4.10. The Morgan fingerprint density at radius 3 is 1.50 bits per heavy atom. The fraction of sp³-hybridized carbons (Fsp3) is 1.00. The zero-order valence-electron chi connectivity index (χ0n) is 7.31. The van der Waals surface area contributed by atoms with Gasteiger partial charge < -0.3 is 0 Å². The molecule has 0 bridgehead atoms. The molecular formula is C8H10Cl4OS. The van der Waals surface area contributed by atoms with Crippen LogP contribution in [0.25, 0.3) is 0 Å². The highest BCUT2D eigenvalue weighted by molar-refractivity contribution is 7.85. The molecule has 0 aromatic carbocycles. The second kappa shape index (κ2) is 3.66. The van der Waals surface area contributed by atoms with Gasteiger partial charge in [0, 0.05) is 34.1 Å². The first kappa shape index (κ1) is 11.8. The molecule has 2 atom stereocenters. The van der Waals surface area contributed by atoms with Crippen LogP contribution in [0.3, 0.4) is 0 Å². The lowest BCUT2D eigenvalue weighted by molar-refractivity contribution is 0.675. The summed E-state index contributed by atoms with van der Waals surface area (Å²) in [6.45, 7) is 0. The smallest absolute Gasteiger partial charge is 0.122 e. The van der Waals surface area contributed by atoms with Crippen LogP contribution in [0.2, 0.25) is 0 Å². The summed E-state index contributed by atoms with van der Waals surface area (Å²) in [6.07, 6.45) is 1.50. The molecule has 2 aliphatic rings. The average molecular weight is 296 g/mol. The summed E-state index contributed by atoms with van der Waals surface area (Å²) in [5.74, 6) is 1.52. The third-order valence-electron chi connectivity index (χ3n) is 2.69. The Morgan fingerprint density at radius 2 is 1.29 bits per heavy atom. The summed E-state index contributed by atoms with van der Waals surface area (Å²) >= 11 is 23.4. The van der Waals surface area contributed by atoms with Gasteiger partial charge in [-0.15, -0.1) is 46.4 Å². The SMILES string of the molecule is O=S(C[C@@H]1CC1(Cl)Cl)C[C@@H]1CC1(Cl)Cl. The van der Waals surface area contributed by atoms with Crippen molar-refractivity contribution in [1.82, 2.24) is 0 Å². The predicted molar refractivity (Wildman–Crippen MR) is 63.0 cm³/mol. The molecule has 2 rings (SSSR count). The van der Waals surface area contributed by atoms with Crippen molar-refractivity contribution in [2.45, 2.75) is 21.5 Å². The van der Waals surface area contributed by atoms with Crippen molar-refractivity contribution >= 4 is 57.2 Å². The van der Waals surface area contributed by atoms with E-state index in [0.29, 0.717) is 11.5 Å². The topological polar surface area (TPSA) is 17.1 Å². The predicted octanol–water partition coefficient (Wildman–Crippen LogP) is 3.12. The van der Waals surface area contributed by atoms with Gasteiger partial charge in [-0.3, -0.25) is 4.21 Å². The molecule has 0 aliphatic heterocycles. The van der Waals surface area contributed by atoms with Gasteiger partial charge in [-0.1, -0.05) is 0 Å². The third-order valence-corrected chi connectivity index (χ3v) is 6.09. The van der Waals surface area contributed by atoms with Crippen molar-refractivity contribution < 1.29 is 4.21 Å². The van der Waals surface area contributed by atoms with E-state index in [4.69, 9.17) is 46.4 Å². The molecule has 14 heavy (non-hydrogen) atoms. The summed E-state index contributed by atoms with van der Waals surface area (Å²) in [6, 6.07) is 0. The van der Waals surface area contributed by atoms with Crippen LogP contribution >= 0.6 is 46.4 Å². The fourth-order valence-corrected chi connectivity index (χ4v) is 4.68. The molecular weight excluding hydrogens is 286 g/mol. The minimum Gasteiger partial charge on any atom is -0.260 e. The molecule has 0 aromatic heterocycles. The van der Waals surface area contributed by atoms with Gasteiger partial charge in [-0.05, 0) is 12.8 Å². The van der Waals surface area contributed by atoms with E-state index in [9.17, 15) is 4.21 Å². The molecule has 0 N–H and O–H groups in total. The molecule has 0 spiro atoms. The second-order valence-corrected chi connectivity index (χ2v) is 8.73. The Labute approximate surface area is 106 Å². The van der Waals surface area contributed by atoms with E-state index in [1.54, 1.807) is 0 Å². The standard InChI is InChI=1S/C8H10Cl4OS/c9-7(10)1-5(7)3-14(13)4-6-2-8(6,11)12/h5-6H,1-4H2/t5-,6-/m0/s1. The molecule has 0 radical (unpaired) electrons. The van der Waals surface area contributed by atoms with Gasteiger partial charge in [0.2, 0.25) is 0 Å². The first-order valence-electron chi connectivity index (χ1n) is 4.42. The maximum Gasteiger partial charge on any atom is 0.122 e. The summed E-state index contributed by atoms with van der Waals surface area (Å²) in [4.78, 5) is 0. The molecule has 0 amide bonds. The Morgan fingerprint density at radius 1 is 1.00 bits per heavy atom. The van der Waals surface area contributed by atoms with Gasteiger partial charge >= 0.3 is 0 Å². The Hall–Kier alpha value is 1.31. The molecule has 2 saturated carbocycles. The van der Waals surface area contributed by atoms with E-state index in [1.807, 2.05) is 0 Å². The Kier molecular flexibility index (Phi) is 3.08. The van der Waals surface area contributed by atoms with Gasteiger partial charge in [0.1, 0.15) is 8.67 Å². The van der Waals surface area contributed by atoms with Crippen molar-refractivity contribution in [3.8, 4) is 0 Å². The number of halogens is 4. The minimum absolute atomic E-state index is 0.186. The number of hydrogen-bond donors (Lipinski definition) is 0. The molecule has 0 unspecified atom stereocenters. The van der Waals surface area contributed by atoms with Crippen LogP contribution < -0.4 is 0 Å². The summed E-state index contributed by atoms with van der Waals surface area (Å²) in [5.41, 5.74) is 0. The van der Waals surface area contributed by atoms with E-state index in [-0.39, 0.29) is 11.8 Å². The summed E-state index contributed by atoms with van der Waals surface area (Å²) < 4.78 is 10.3. The molecule has 2 fully saturated rings. The van der Waals surface area contributed by atoms with Crippen LogP contribution in [0.15, 0.2) is 0 Å². The van der Waals surface area contributed by atoms with Gasteiger partial charge in [-0.25, -0.2) is 0 Å². The van der Waals surface area contributed by atoms with E-state index in [1.165, 1.54) is 0 Å². The van der Waals surface area contributed by atoms with Crippen molar-refractivity contribution in [3.05, 3.63) is 0 Å². The van der Waals surface area contributed by atoms with Crippen molar-refractivity contribution in [1.29, 1.82) is 0 Å². The normalized spacial score (nSPS) is 37.2. The van der Waals surface area contributed by atoms with Gasteiger partial charge in [0.15, 0.2) is 0 Å². The molecule has 82 valence electrons. The van der Waals surface area contributed by atoms with E-state index >= 15 is 0 Å².